The first-order valence-corrected chi connectivity index (χ1v) is 7.31. The number of nitrogens with zero attached hydrogens (tertiary/aromatic N) is 2. The van der Waals surface area contributed by atoms with E-state index in [0.29, 0.717) is 25.1 Å². The van der Waals surface area contributed by atoms with E-state index >= 15 is 0 Å². The SMILES string of the molecule is CCC(=O)N1Cc2ccc(-c3cnccc3C(F)(F)F)cc2C1. The zero-order valence-corrected chi connectivity index (χ0v) is 12.5. The molecule has 2 heterocycles. The number of hydrogen-bond donors (Lipinski definition) is 0. The number of carbonyl (C=O) groups is 1. The minimum atomic E-state index is -4.43. The molecular weight excluding hydrogens is 305 g/mol. The number of carbonyl (C=O) groups excluding carboxylic acids is 1. The molecule has 1 aliphatic rings. The first kappa shape index (κ1) is 15.5. The molecule has 3 rings (SSSR count). The normalized spacial score (nSPS) is 14.0. The molecule has 6 heteroatoms. The summed E-state index contributed by atoms with van der Waals surface area (Å²) in [5, 5.41) is 0. The van der Waals surface area contributed by atoms with Gasteiger partial charge in [-0.15, -0.1) is 0 Å². The maximum atomic E-state index is 13.1. The van der Waals surface area contributed by atoms with Crippen LogP contribution >= 0.6 is 0 Å². The van der Waals surface area contributed by atoms with E-state index in [9.17, 15) is 18.0 Å². The Hall–Kier alpha value is -2.37. The van der Waals surface area contributed by atoms with Crippen LogP contribution in [-0.2, 0) is 24.1 Å². The second kappa shape index (κ2) is 5.68. The number of alkyl halides is 3. The van der Waals surface area contributed by atoms with Gasteiger partial charge < -0.3 is 4.90 Å². The van der Waals surface area contributed by atoms with Crippen LogP contribution in [0.1, 0.15) is 30.0 Å². The Labute approximate surface area is 131 Å². The summed E-state index contributed by atoms with van der Waals surface area (Å²) in [7, 11) is 0. The van der Waals surface area contributed by atoms with E-state index in [1.54, 1.807) is 30.0 Å². The predicted octanol–water partition coefficient (Wildman–Crippen LogP) is 4.02. The van der Waals surface area contributed by atoms with Gasteiger partial charge in [0.1, 0.15) is 0 Å². The predicted molar refractivity (Wildman–Crippen MR) is 79.2 cm³/mol. The van der Waals surface area contributed by atoms with Crippen molar-refractivity contribution in [1.29, 1.82) is 0 Å². The lowest BCUT2D eigenvalue weighted by Crippen LogP contribution is -2.23. The molecule has 0 unspecified atom stereocenters. The summed E-state index contributed by atoms with van der Waals surface area (Å²) in [6.07, 6.45) is -1.64. The number of halogens is 3. The molecule has 1 aliphatic heterocycles. The molecule has 1 aromatic carbocycles. The molecule has 1 aromatic heterocycles. The second-order valence-corrected chi connectivity index (χ2v) is 5.51. The maximum Gasteiger partial charge on any atom is 0.417 e. The number of rotatable bonds is 2. The quantitative estimate of drug-likeness (QED) is 0.837. The molecule has 0 fully saturated rings. The van der Waals surface area contributed by atoms with Crippen LogP contribution in [0.15, 0.2) is 36.7 Å². The first-order chi connectivity index (χ1) is 10.9. The van der Waals surface area contributed by atoms with Crippen molar-refractivity contribution in [1.82, 2.24) is 9.88 Å². The van der Waals surface area contributed by atoms with Crippen LogP contribution in [0.4, 0.5) is 13.2 Å². The van der Waals surface area contributed by atoms with Crippen LogP contribution in [0.25, 0.3) is 11.1 Å². The van der Waals surface area contributed by atoms with E-state index in [0.717, 1.165) is 23.4 Å². The fraction of sp³-hybridized carbons (Fsp3) is 0.294. The summed E-state index contributed by atoms with van der Waals surface area (Å²) in [4.78, 5) is 17.3. The lowest BCUT2D eigenvalue weighted by atomic mass is 9.98. The van der Waals surface area contributed by atoms with Gasteiger partial charge in [-0.3, -0.25) is 9.78 Å². The Balaban J connectivity index is 1.99. The molecule has 0 bridgehead atoms. The van der Waals surface area contributed by atoms with Gasteiger partial charge in [0.25, 0.3) is 0 Å². The highest BCUT2D eigenvalue weighted by molar-refractivity contribution is 5.77. The molecule has 0 saturated carbocycles. The molecule has 0 spiro atoms. The van der Waals surface area contributed by atoms with Gasteiger partial charge >= 0.3 is 6.18 Å². The number of amides is 1. The van der Waals surface area contributed by atoms with Gasteiger partial charge in [-0.1, -0.05) is 19.1 Å². The number of fused-ring (bicyclic) bond motifs is 1. The molecule has 2 aromatic rings. The summed E-state index contributed by atoms with van der Waals surface area (Å²) >= 11 is 0. The fourth-order valence-electron chi connectivity index (χ4n) is 2.83. The van der Waals surface area contributed by atoms with Crippen molar-refractivity contribution in [3.05, 3.63) is 53.3 Å². The first-order valence-electron chi connectivity index (χ1n) is 7.31. The van der Waals surface area contributed by atoms with Crippen molar-refractivity contribution in [3.63, 3.8) is 0 Å². The minimum absolute atomic E-state index is 0.0418. The van der Waals surface area contributed by atoms with Crippen LogP contribution in [0.2, 0.25) is 0 Å². The van der Waals surface area contributed by atoms with Crippen LogP contribution in [-0.4, -0.2) is 15.8 Å². The lowest BCUT2D eigenvalue weighted by Gasteiger charge is -2.13. The zero-order valence-electron chi connectivity index (χ0n) is 12.5. The van der Waals surface area contributed by atoms with Gasteiger partial charge in [-0.25, -0.2) is 0 Å². The topological polar surface area (TPSA) is 33.2 Å². The summed E-state index contributed by atoms with van der Waals surface area (Å²) in [6.45, 7) is 2.75. The van der Waals surface area contributed by atoms with E-state index in [1.165, 1.54) is 6.20 Å². The van der Waals surface area contributed by atoms with Gasteiger partial charge in [0, 0.05) is 37.5 Å². The van der Waals surface area contributed by atoms with Crippen LogP contribution in [0, 0.1) is 0 Å². The largest absolute Gasteiger partial charge is 0.417 e. The van der Waals surface area contributed by atoms with Crippen molar-refractivity contribution >= 4 is 5.91 Å². The average molecular weight is 320 g/mol. The number of pyridine rings is 1. The van der Waals surface area contributed by atoms with Gasteiger partial charge in [0.2, 0.25) is 5.91 Å². The third-order valence-electron chi connectivity index (χ3n) is 4.02. The van der Waals surface area contributed by atoms with Gasteiger partial charge in [-0.05, 0) is 28.8 Å². The molecule has 3 nitrogen and oxygen atoms in total. The average Bonchev–Trinajstić information content (AvgIpc) is 2.96. The summed E-state index contributed by atoms with van der Waals surface area (Å²) in [5.41, 5.74) is 1.69. The summed E-state index contributed by atoms with van der Waals surface area (Å²) < 4.78 is 39.4. The Bertz CT molecular complexity index is 756. The Kier molecular flexibility index (Phi) is 3.83. The number of hydrogen-bond acceptors (Lipinski definition) is 2. The third-order valence-corrected chi connectivity index (χ3v) is 4.02. The van der Waals surface area contributed by atoms with E-state index in [-0.39, 0.29) is 11.5 Å². The van der Waals surface area contributed by atoms with Crippen molar-refractivity contribution in [3.8, 4) is 11.1 Å². The van der Waals surface area contributed by atoms with E-state index in [4.69, 9.17) is 0 Å². The molecule has 0 saturated heterocycles. The highest BCUT2D eigenvalue weighted by Crippen LogP contribution is 2.37. The zero-order chi connectivity index (χ0) is 16.6. The molecule has 0 N–H and O–H groups in total. The lowest BCUT2D eigenvalue weighted by molar-refractivity contribution is -0.137. The highest BCUT2D eigenvalue weighted by atomic mass is 19.4. The molecule has 0 radical (unpaired) electrons. The van der Waals surface area contributed by atoms with Crippen molar-refractivity contribution in [2.45, 2.75) is 32.6 Å². The summed E-state index contributed by atoms with van der Waals surface area (Å²) in [6, 6.07) is 6.16. The van der Waals surface area contributed by atoms with Crippen molar-refractivity contribution in [2.75, 3.05) is 0 Å². The molecule has 23 heavy (non-hydrogen) atoms. The van der Waals surface area contributed by atoms with Crippen LogP contribution in [0.3, 0.4) is 0 Å². The minimum Gasteiger partial charge on any atom is -0.334 e. The van der Waals surface area contributed by atoms with E-state index in [2.05, 4.69) is 4.98 Å². The highest BCUT2D eigenvalue weighted by Gasteiger charge is 2.34. The standard InChI is InChI=1S/C17H15F3N2O/c1-2-16(23)22-9-12-4-3-11(7-13(12)10-22)14-8-21-6-5-15(14)17(18,19)20/h3-8H,2,9-10H2,1H3. The molecule has 120 valence electrons. The number of benzene rings is 1. The van der Waals surface area contributed by atoms with Crippen molar-refractivity contribution < 1.29 is 18.0 Å². The van der Waals surface area contributed by atoms with Gasteiger partial charge in [-0.2, -0.15) is 13.2 Å². The Morgan fingerprint density at radius 2 is 1.96 bits per heavy atom. The fourth-order valence-corrected chi connectivity index (χ4v) is 2.83. The van der Waals surface area contributed by atoms with Gasteiger partial charge in [0.05, 0.1) is 5.56 Å². The summed E-state index contributed by atoms with van der Waals surface area (Å²) in [5.74, 6) is 0.0418. The smallest absolute Gasteiger partial charge is 0.334 e. The van der Waals surface area contributed by atoms with E-state index in [1.807, 2.05) is 0 Å². The van der Waals surface area contributed by atoms with Crippen molar-refractivity contribution in [2.24, 2.45) is 0 Å². The maximum absolute atomic E-state index is 13.1. The van der Waals surface area contributed by atoms with Crippen LogP contribution < -0.4 is 0 Å². The molecule has 1 amide bonds. The Morgan fingerprint density at radius 1 is 1.22 bits per heavy atom. The third kappa shape index (κ3) is 2.93. The second-order valence-electron chi connectivity index (χ2n) is 5.51. The molecular formula is C17H15F3N2O. The van der Waals surface area contributed by atoms with Gasteiger partial charge in [0.15, 0.2) is 0 Å². The Morgan fingerprint density at radius 3 is 2.65 bits per heavy atom. The molecule has 0 atom stereocenters. The molecule has 0 aliphatic carbocycles. The number of aromatic nitrogens is 1. The van der Waals surface area contributed by atoms with Crippen LogP contribution in [0.5, 0.6) is 0 Å². The van der Waals surface area contributed by atoms with E-state index < -0.39 is 11.7 Å². The monoisotopic (exact) mass is 320 g/mol.